The van der Waals surface area contributed by atoms with E-state index < -0.39 is 0 Å². The highest BCUT2D eigenvalue weighted by Crippen LogP contribution is 2.34. The standard InChI is InChI=1S/C14H15N5O2/c1-15-14-17-12(9-7-16-19-13(9)18-14)8-4-5-10(20-2)11(6-8)21-3/h4-7H,1-3H3,(H2,15,16,17,18,19). The minimum absolute atomic E-state index is 0.525. The van der Waals surface area contributed by atoms with E-state index in [0.29, 0.717) is 23.1 Å². The monoisotopic (exact) mass is 285 g/mol. The van der Waals surface area contributed by atoms with Crippen molar-refractivity contribution in [2.75, 3.05) is 26.6 Å². The minimum atomic E-state index is 0.525. The number of hydrogen-bond donors (Lipinski definition) is 2. The third-order valence-corrected chi connectivity index (χ3v) is 3.19. The van der Waals surface area contributed by atoms with E-state index in [2.05, 4.69) is 25.5 Å². The summed E-state index contributed by atoms with van der Waals surface area (Å²) in [6.45, 7) is 0. The van der Waals surface area contributed by atoms with Gasteiger partial charge in [0.15, 0.2) is 17.1 Å². The maximum absolute atomic E-state index is 5.34. The molecule has 0 aliphatic carbocycles. The summed E-state index contributed by atoms with van der Waals surface area (Å²) in [5.41, 5.74) is 2.36. The van der Waals surface area contributed by atoms with Crippen molar-refractivity contribution in [3.63, 3.8) is 0 Å². The van der Waals surface area contributed by atoms with E-state index in [1.807, 2.05) is 18.2 Å². The lowest BCUT2D eigenvalue weighted by atomic mass is 10.1. The van der Waals surface area contributed by atoms with Gasteiger partial charge in [-0.2, -0.15) is 10.1 Å². The van der Waals surface area contributed by atoms with Crippen molar-refractivity contribution < 1.29 is 9.47 Å². The van der Waals surface area contributed by atoms with E-state index in [9.17, 15) is 0 Å². The molecule has 7 nitrogen and oxygen atoms in total. The SMILES string of the molecule is CNc1nc(-c2ccc(OC)c(OC)c2)c2cn[nH]c2n1. The van der Waals surface area contributed by atoms with E-state index in [1.165, 1.54) is 0 Å². The van der Waals surface area contributed by atoms with Crippen LogP contribution in [0.15, 0.2) is 24.4 Å². The van der Waals surface area contributed by atoms with Crippen molar-refractivity contribution in [3.8, 4) is 22.8 Å². The number of H-pyrrole nitrogens is 1. The van der Waals surface area contributed by atoms with Gasteiger partial charge in [-0.05, 0) is 18.2 Å². The zero-order chi connectivity index (χ0) is 14.8. The molecule has 0 atom stereocenters. The molecule has 0 aliphatic heterocycles. The van der Waals surface area contributed by atoms with Gasteiger partial charge in [-0.15, -0.1) is 0 Å². The van der Waals surface area contributed by atoms with E-state index in [0.717, 1.165) is 16.6 Å². The molecular weight excluding hydrogens is 270 g/mol. The number of aromatic amines is 1. The summed E-state index contributed by atoms with van der Waals surface area (Å²) < 4.78 is 10.6. The number of methoxy groups -OCH3 is 2. The van der Waals surface area contributed by atoms with E-state index in [1.54, 1.807) is 27.5 Å². The maximum atomic E-state index is 5.34. The number of benzene rings is 1. The second-order valence-electron chi connectivity index (χ2n) is 4.35. The minimum Gasteiger partial charge on any atom is -0.493 e. The van der Waals surface area contributed by atoms with Gasteiger partial charge in [-0.25, -0.2) is 4.98 Å². The second-order valence-corrected chi connectivity index (χ2v) is 4.35. The molecule has 0 saturated heterocycles. The highest BCUT2D eigenvalue weighted by Gasteiger charge is 2.13. The predicted octanol–water partition coefficient (Wildman–Crippen LogP) is 2.08. The maximum Gasteiger partial charge on any atom is 0.225 e. The van der Waals surface area contributed by atoms with Gasteiger partial charge in [0.2, 0.25) is 5.95 Å². The van der Waals surface area contributed by atoms with Crippen LogP contribution >= 0.6 is 0 Å². The van der Waals surface area contributed by atoms with Crippen molar-refractivity contribution in [1.29, 1.82) is 0 Å². The zero-order valence-corrected chi connectivity index (χ0v) is 12.0. The molecule has 0 amide bonds. The predicted molar refractivity (Wildman–Crippen MR) is 79.8 cm³/mol. The van der Waals surface area contributed by atoms with Crippen LogP contribution in [0.1, 0.15) is 0 Å². The first-order valence-corrected chi connectivity index (χ1v) is 6.38. The van der Waals surface area contributed by atoms with Crippen molar-refractivity contribution in [2.45, 2.75) is 0 Å². The summed E-state index contributed by atoms with van der Waals surface area (Å²) in [4.78, 5) is 8.83. The van der Waals surface area contributed by atoms with E-state index in [-0.39, 0.29) is 0 Å². The number of anilines is 1. The summed E-state index contributed by atoms with van der Waals surface area (Å²) >= 11 is 0. The first kappa shape index (κ1) is 13.2. The molecule has 108 valence electrons. The fourth-order valence-corrected chi connectivity index (χ4v) is 2.15. The van der Waals surface area contributed by atoms with Crippen LogP contribution in [0.2, 0.25) is 0 Å². The first-order valence-electron chi connectivity index (χ1n) is 6.38. The molecular formula is C14H15N5O2. The van der Waals surface area contributed by atoms with Gasteiger partial charge in [-0.1, -0.05) is 0 Å². The van der Waals surface area contributed by atoms with E-state index in [4.69, 9.17) is 9.47 Å². The smallest absolute Gasteiger partial charge is 0.225 e. The number of rotatable bonds is 4. The third-order valence-electron chi connectivity index (χ3n) is 3.19. The molecule has 21 heavy (non-hydrogen) atoms. The van der Waals surface area contributed by atoms with E-state index >= 15 is 0 Å². The quantitative estimate of drug-likeness (QED) is 0.763. The largest absolute Gasteiger partial charge is 0.493 e. The van der Waals surface area contributed by atoms with Crippen molar-refractivity contribution in [1.82, 2.24) is 20.2 Å². The third kappa shape index (κ3) is 2.22. The van der Waals surface area contributed by atoms with Gasteiger partial charge in [0.1, 0.15) is 0 Å². The second kappa shape index (κ2) is 5.28. The number of ether oxygens (including phenoxy) is 2. The Labute approximate surface area is 121 Å². The summed E-state index contributed by atoms with van der Waals surface area (Å²) in [6.07, 6.45) is 1.71. The lowest BCUT2D eigenvalue weighted by Crippen LogP contribution is -1.99. The Kier molecular flexibility index (Phi) is 3.31. The highest BCUT2D eigenvalue weighted by atomic mass is 16.5. The Bertz CT molecular complexity index is 784. The Hall–Kier alpha value is -2.83. The summed E-state index contributed by atoms with van der Waals surface area (Å²) in [7, 11) is 4.99. The van der Waals surface area contributed by atoms with Crippen molar-refractivity contribution >= 4 is 17.0 Å². The van der Waals surface area contributed by atoms with Crippen molar-refractivity contribution in [3.05, 3.63) is 24.4 Å². The summed E-state index contributed by atoms with van der Waals surface area (Å²) in [5.74, 6) is 1.85. The highest BCUT2D eigenvalue weighted by molar-refractivity contribution is 5.91. The molecule has 7 heteroatoms. The number of hydrogen-bond acceptors (Lipinski definition) is 6. The topological polar surface area (TPSA) is 85.0 Å². The van der Waals surface area contributed by atoms with Gasteiger partial charge < -0.3 is 14.8 Å². The molecule has 3 aromatic rings. The molecule has 2 aromatic heterocycles. The molecule has 1 aromatic carbocycles. The lowest BCUT2D eigenvalue weighted by molar-refractivity contribution is 0.355. The van der Waals surface area contributed by atoms with Crippen LogP contribution in [-0.4, -0.2) is 41.4 Å². The Morgan fingerprint density at radius 3 is 2.62 bits per heavy atom. The number of aromatic nitrogens is 4. The molecule has 0 saturated carbocycles. The average Bonchev–Trinajstić information content (AvgIpc) is 3.01. The molecule has 0 fully saturated rings. The van der Waals surface area contributed by atoms with Gasteiger partial charge in [0.25, 0.3) is 0 Å². The van der Waals surface area contributed by atoms with Crippen LogP contribution in [0.3, 0.4) is 0 Å². The number of fused-ring (bicyclic) bond motifs is 1. The van der Waals surface area contributed by atoms with Gasteiger partial charge in [-0.3, -0.25) is 5.10 Å². The Morgan fingerprint density at radius 2 is 1.90 bits per heavy atom. The molecule has 0 spiro atoms. The normalized spacial score (nSPS) is 10.6. The molecule has 0 radical (unpaired) electrons. The Balaban J connectivity index is 2.21. The number of nitrogens with one attached hydrogen (secondary N) is 2. The molecule has 0 bridgehead atoms. The summed E-state index contributed by atoms with van der Waals surface area (Å²) in [5, 5.41) is 10.7. The van der Waals surface area contributed by atoms with Gasteiger partial charge in [0.05, 0.1) is 31.5 Å². The van der Waals surface area contributed by atoms with Gasteiger partial charge in [0, 0.05) is 12.6 Å². The fourth-order valence-electron chi connectivity index (χ4n) is 2.15. The van der Waals surface area contributed by atoms with Crippen LogP contribution < -0.4 is 14.8 Å². The average molecular weight is 285 g/mol. The molecule has 0 unspecified atom stereocenters. The lowest BCUT2D eigenvalue weighted by Gasteiger charge is -2.10. The number of nitrogens with zero attached hydrogens (tertiary/aromatic N) is 3. The molecule has 2 heterocycles. The van der Waals surface area contributed by atoms with Crippen LogP contribution in [0.25, 0.3) is 22.3 Å². The molecule has 0 aliphatic rings. The Morgan fingerprint density at radius 1 is 1.10 bits per heavy atom. The van der Waals surface area contributed by atoms with Crippen molar-refractivity contribution in [2.24, 2.45) is 0 Å². The van der Waals surface area contributed by atoms with Gasteiger partial charge >= 0.3 is 0 Å². The van der Waals surface area contributed by atoms with Crippen LogP contribution in [0.4, 0.5) is 5.95 Å². The van der Waals surface area contributed by atoms with Crippen LogP contribution in [0.5, 0.6) is 11.5 Å². The fraction of sp³-hybridized carbons (Fsp3) is 0.214. The van der Waals surface area contributed by atoms with Crippen LogP contribution in [-0.2, 0) is 0 Å². The zero-order valence-electron chi connectivity index (χ0n) is 12.0. The molecule has 3 rings (SSSR count). The first-order chi connectivity index (χ1) is 10.3. The molecule has 2 N–H and O–H groups in total. The van der Waals surface area contributed by atoms with Crippen LogP contribution in [0, 0.1) is 0 Å². The summed E-state index contributed by atoms with van der Waals surface area (Å²) in [6, 6.07) is 5.66.